The van der Waals surface area contributed by atoms with Gasteiger partial charge in [0.2, 0.25) is 5.91 Å². The smallest absolute Gasteiger partial charge is 0.416 e. The molecule has 9 heteroatoms. The van der Waals surface area contributed by atoms with Crippen LogP contribution in [0.2, 0.25) is 0 Å². The predicted molar refractivity (Wildman–Crippen MR) is 150 cm³/mol. The van der Waals surface area contributed by atoms with Crippen LogP contribution in [0.1, 0.15) is 52.4 Å². The third kappa shape index (κ3) is 7.42. The number of aryl methyl sites for hydroxylation is 1. The highest BCUT2D eigenvalue weighted by Gasteiger charge is 2.32. The maximum atomic E-state index is 13.7. The van der Waals surface area contributed by atoms with Crippen LogP contribution in [0.5, 0.6) is 0 Å². The van der Waals surface area contributed by atoms with Gasteiger partial charge in [-0.1, -0.05) is 61.4 Å². The van der Waals surface area contributed by atoms with Gasteiger partial charge in [0.15, 0.2) is 5.43 Å². The van der Waals surface area contributed by atoms with Crippen LogP contribution in [0.3, 0.4) is 0 Å². The molecule has 0 N–H and O–H groups in total. The van der Waals surface area contributed by atoms with Crippen LogP contribution < -0.4 is 5.43 Å². The number of nitrogens with zero attached hydrogens (tertiary/aromatic N) is 2. The number of carbonyl (C=O) groups is 2. The minimum atomic E-state index is -4.60. The van der Waals surface area contributed by atoms with Gasteiger partial charge in [-0.25, -0.2) is 0 Å². The summed E-state index contributed by atoms with van der Waals surface area (Å²) in [7, 11) is 0. The molecular formula is C32H31F3N2O4. The molecule has 0 aliphatic rings. The molecule has 1 heterocycles. The van der Waals surface area contributed by atoms with Crippen molar-refractivity contribution in [3.63, 3.8) is 0 Å². The first-order chi connectivity index (χ1) is 19.6. The summed E-state index contributed by atoms with van der Waals surface area (Å²) in [6.45, 7) is 3.69. The van der Waals surface area contributed by atoms with Gasteiger partial charge in [0.25, 0.3) is 5.91 Å². The zero-order chi connectivity index (χ0) is 29.6. The average molecular weight is 565 g/mol. The molecule has 6 nitrogen and oxygen atoms in total. The molecule has 0 unspecified atom stereocenters. The Morgan fingerprint density at radius 3 is 2.37 bits per heavy atom. The molecule has 4 rings (SSSR count). The highest BCUT2D eigenvalue weighted by molar-refractivity contribution is 5.96. The van der Waals surface area contributed by atoms with Crippen molar-refractivity contribution in [1.82, 2.24) is 9.80 Å². The fourth-order valence-corrected chi connectivity index (χ4v) is 4.51. The standard InChI is InChI=1S/C32H31F3N2O4/c1-3-4-15-36(31(40)24-11-8-12-26(17-24)32(33,34)35)20-29(38)37(18-23-9-6-5-7-10-23)19-25-21-41-28-14-13-22(2)16-27(28)30(25)39/h5-14,16-17,21H,3-4,15,18-20H2,1-2H3. The molecule has 0 saturated carbocycles. The number of carbonyl (C=O) groups excluding carboxylic acids is 2. The van der Waals surface area contributed by atoms with Crippen LogP contribution in [0.4, 0.5) is 13.2 Å². The Morgan fingerprint density at radius 2 is 1.66 bits per heavy atom. The number of unbranched alkanes of at least 4 members (excludes halogenated alkanes) is 1. The summed E-state index contributed by atoms with van der Waals surface area (Å²) in [6, 6.07) is 18.7. The summed E-state index contributed by atoms with van der Waals surface area (Å²) in [4.78, 5) is 43.1. The van der Waals surface area contributed by atoms with Crippen LogP contribution in [0.15, 0.2) is 88.3 Å². The van der Waals surface area contributed by atoms with Gasteiger partial charge in [-0.15, -0.1) is 0 Å². The zero-order valence-corrected chi connectivity index (χ0v) is 22.9. The third-order valence-corrected chi connectivity index (χ3v) is 6.76. The first-order valence-electron chi connectivity index (χ1n) is 13.4. The maximum Gasteiger partial charge on any atom is 0.416 e. The number of benzene rings is 3. The first kappa shape index (κ1) is 29.6. The second-order valence-corrected chi connectivity index (χ2v) is 9.98. The largest absolute Gasteiger partial charge is 0.464 e. The van der Waals surface area contributed by atoms with Crippen molar-refractivity contribution in [2.75, 3.05) is 13.1 Å². The van der Waals surface area contributed by atoms with Crippen molar-refractivity contribution in [2.45, 2.75) is 46.0 Å². The van der Waals surface area contributed by atoms with Crippen molar-refractivity contribution in [1.29, 1.82) is 0 Å². The Morgan fingerprint density at radius 1 is 0.902 bits per heavy atom. The molecule has 0 fully saturated rings. The molecule has 0 aliphatic carbocycles. The molecule has 0 bridgehead atoms. The van der Waals surface area contributed by atoms with Crippen LogP contribution >= 0.6 is 0 Å². The van der Waals surface area contributed by atoms with Crippen LogP contribution in [-0.2, 0) is 24.1 Å². The van der Waals surface area contributed by atoms with Crippen molar-refractivity contribution < 1.29 is 27.2 Å². The number of fused-ring (bicyclic) bond motifs is 1. The fraction of sp³-hybridized carbons (Fsp3) is 0.281. The minimum absolute atomic E-state index is 0.0701. The van der Waals surface area contributed by atoms with E-state index in [0.29, 0.717) is 23.8 Å². The fourth-order valence-electron chi connectivity index (χ4n) is 4.51. The molecule has 41 heavy (non-hydrogen) atoms. The van der Waals surface area contributed by atoms with Crippen LogP contribution in [0, 0.1) is 6.92 Å². The normalized spacial score (nSPS) is 11.4. The Balaban J connectivity index is 1.64. The van der Waals surface area contributed by atoms with Crippen LogP contribution in [0.25, 0.3) is 11.0 Å². The van der Waals surface area contributed by atoms with Gasteiger partial charge < -0.3 is 14.2 Å². The van der Waals surface area contributed by atoms with Crippen molar-refractivity contribution in [3.05, 3.63) is 117 Å². The van der Waals surface area contributed by atoms with Gasteiger partial charge in [0.05, 0.1) is 29.3 Å². The molecule has 0 atom stereocenters. The molecule has 2 amide bonds. The SMILES string of the molecule is CCCCN(CC(=O)N(Cc1ccccc1)Cc1coc2ccc(C)cc2c1=O)C(=O)c1cccc(C(F)(F)F)c1. The van der Waals surface area contributed by atoms with E-state index < -0.39 is 23.6 Å². The van der Waals surface area contributed by atoms with E-state index in [0.717, 1.165) is 23.3 Å². The highest BCUT2D eigenvalue weighted by atomic mass is 19.4. The van der Waals surface area contributed by atoms with Gasteiger partial charge in [-0.3, -0.25) is 14.4 Å². The Bertz CT molecular complexity index is 1580. The average Bonchev–Trinajstić information content (AvgIpc) is 2.96. The second-order valence-electron chi connectivity index (χ2n) is 9.98. The van der Waals surface area contributed by atoms with Gasteiger partial charge in [-0.05, 0) is 49.2 Å². The molecule has 0 radical (unpaired) electrons. The van der Waals surface area contributed by atoms with E-state index in [9.17, 15) is 27.6 Å². The monoisotopic (exact) mass is 564 g/mol. The molecule has 1 aromatic heterocycles. The molecule has 3 aromatic carbocycles. The summed E-state index contributed by atoms with van der Waals surface area (Å²) >= 11 is 0. The summed E-state index contributed by atoms with van der Waals surface area (Å²) in [6.07, 6.45) is -1.99. The van der Waals surface area contributed by atoms with E-state index in [1.165, 1.54) is 28.2 Å². The molecule has 0 spiro atoms. The lowest BCUT2D eigenvalue weighted by molar-refractivity contribution is -0.137. The predicted octanol–water partition coefficient (Wildman–Crippen LogP) is 6.59. The van der Waals surface area contributed by atoms with Crippen molar-refractivity contribution in [2.24, 2.45) is 0 Å². The second kappa shape index (κ2) is 12.8. The number of hydrogen-bond donors (Lipinski definition) is 0. The van der Waals surface area contributed by atoms with Gasteiger partial charge in [0.1, 0.15) is 12.1 Å². The summed E-state index contributed by atoms with van der Waals surface area (Å²) in [5, 5.41) is 0.402. The molecule has 4 aromatic rings. The summed E-state index contributed by atoms with van der Waals surface area (Å²) < 4.78 is 45.6. The lowest BCUT2D eigenvalue weighted by Gasteiger charge is -2.28. The topological polar surface area (TPSA) is 70.8 Å². The first-order valence-corrected chi connectivity index (χ1v) is 13.4. The van der Waals surface area contributed by atoms with E-state index in [-0.39, 0.29) is 42.7 Å². The number of halogens is 3. The van der Waals surface area contributed by atoms with E-state index in [4.69, 9.17) is 4.42 Å². The maximum absolute atomic E-state index is 13.7. The van der Waals surface area contributed by atoms with E-state index in [1.54, 1.807) is 12.1 Å². The van der Waals surface area contributed by atoms with E-state index in [2.05, 4.69) is 0 Å². The van der Waals surface area contributed by atoms with Gasteiger partial charge in [-0.2, -0.15) is 13.2 Å². The number of rotatable bonds is 10. The van der Waals surface area contributed by atoms with E-state index >= 15 is 0 Å². The summed E-state index contributed by atoms with van der Waals surface area (Å²) in [5.41, 5.74) is 1.06. The highest BCUT2D eigenvalue weighted by Crippen LogP contribution is 2.30. The molecule has 0 saturated heterocycles. The molecule has 0 aliphatic heterocycles. The van der Waals surface area contributed by atoms with E-state index in [1.807, 2.05) is 50.2 Å². The quantitative estimate of drug-likeness (QED) is 0.218. The third-order valence-electron chi connectivity index (χ3n) is 6.76. The Kier molecular flexibility index (Phi) is 9.27. The number of alkyl halides is 3. The number of hydrogen-bond acceptors (Lipinski definition) is 4. The van der Waals surface area contributed by atoms with Gasteiger partial charge in [0, 0.05) is 18.7 Å². The van der Waals surface area contributed by atoms with Crippen LogP contribution in [-0.4, -0.2) is 34.7 Å². The van der Waals surface area contributed by atoms with Crippen molar-refractivity contribution >= 4 is 22.8 Å². The zero-order valence-electron chi connectivity index (χ0n) is 22.9. The number of amides is 2. The lowest BCUT2D eigenvalue weighted by atomic mass is 10.1. The minimum Gasteiger partial charge on any atom is -0.464 e. The lowest BCUT2D eigenvalue weighted by Crippen LogP contribution is -2.43. The molecular weight excluding hydrogens is 533 g/mol. The van der Waals surface area contributed by atoms with Gasteiger partial charge >= 0.3 is 6.18 Å². The summed E-state index contributed by atoms with van der Waals surface area (Å²) in [5.74, 6) is -1.12. The Labute approximate surface area is 236 Å². The van der Waals surface area contributed by atoms with Crippen molar-refractivity contribution in [3.8, 4) is 0 Å². The molecule has 214 valence electrons. The Hall–Kier alpha value is -4.40.